The predicted octanol–water partition coefficient (Wildman–Crippen LogP) is 3.06. The minimum atomic E-state index is -0.886. The molecule has 1 aromatic heterocycles. The van der Waals surface area contributed by atoms with Crippen molar-refractivity contribution in [2.75, 3.05) is 13.1 Å². The number of benzene rings is 1. The minimum absolute atomic E-state index is 0.720. The third-order valence-corrected chi connectivity index (χ3v) is 3.99. The molecular formula is C17H22N2O. The highest BCUT2D eigenvalue weighted by Gasteiger charge is 2.18. The van der Waals surface area contributed by atoms with Crippen LogP contribution < -0.4 is 0 Å². The molecular weight excluding hydrogens is 248 g/mol. The maximum Gasteiger partial charge on any atom is 0.101 e. The van der Waals surface area contributed by atoms with Gasteiger partial charge in [0.2, 0.25) is 0 Å². The van der Waals surface area contributed by atoms with Gasteiger partial charge in [0, 0.05) is 11.9 Å². The summed E-state index contributed by atoms with van der Waals surface area (Å²) in [6, 6.07) is 10.4. The van der Waals surface area contributed by atoms with Gasteiger partial charge in [-0.2, -0.15) is 0 Å². The van der Waals surface area contributed by atoms with E-state index in [0.29, 0.717) is 0 Å². The normalized spacial score (nSPS) is 16.9. The number of aromatic nitrogens is 1. The number of fused-ring (bicyclic) bond motifs is 1. The Morgan fingerprint density at radius 1 is 1.15 bits per heavy atom. The van der Waals surface area contributed by atoms with Crippen LogP contribution in [0.1, 0.15) is 37.9 Å². The molecule has 0 radical (unpaired) electrons. The molecule has 1 aliphatic rings. The Morgan fingerprint density at radius 3 is 2.60 bits per heavy atom. The van der Waals surface area contributed by atoms with Crippen LogP contribution >= 0.6 is 0 Å². The summed E-state index contributed by atoms with van der Waals surface area (Å²) in [6.45, 7) is 7.00. The van der Waals surface area contributed by atoms with E-state index in [1.165, 1.54) is 31.5 Å². The second-order valence-corrected chi connectivity index (χ2v) is 6.27. The largest absolute Gasteiger partial charge is 0.384 e. The van der Waals surface area contributed by atoms with Crippen molar-refractivity contribution in [1.82, 2.24) is 9.88 Å². The molecule has 106 valence electrons. The van der Waals surface area contributed by atoms with Gasteiger partial charge in [-0.15, -0.1) is 0 Å². The van der Waals surface area contributed by atoms with Gasteiger partial charge in [0.1, 0.15) is 5.60 Å². The van der Waals surface area contributed by atoms with Crippen LogP contribution in [0.15, 0.2) is 30.3 Å². The van der Waals surface area contributed by atoms with Crippen LogP contribution in [0.3, 0.4) is 0 Å². The average Bonchev–Trinajstić information content (AvgIpc) is 2.90. The van der Waals surface area contributed by atoms with E-state index in [1.807, 2.05) is 6.07 Å². The molecule has 20 heavy (non-hydrogen) atoms. The minimum Gasteiger partial charge on any atom is -0.384 e. The molecule has 3 heteroatoms. The zero-order valence-corrected chi connectivity index (χ0v) is 12.3. The van der Waals surface area contributed by atoms with Crippen molar-refractivity contribution in [2.45, 2.75) is 38.8 Å². The van der Waals surface area contributed by atoms with Crippen molar-refractivity contribution in [3.8, 4) is 0 Å². The van der Waals surface area contributed by atoms with Gasteiger partial charge < -0.3 is 5.11 Å². The summed E-state index contributed by atoms with van der Waals surface area (Å²) in [5.41, 5.74) is 2.13. The van der Waals surface area contributed by atoms with E-state index < -0.39 is 5.60 Å². The molecule has 1 N–H and O–H groups in total. The smallest absolute Gasteiger partial charge is 0.101 e. The van der Waals surface area contributed by atoms with E-state index >= 15 is 0 Å². The summed E-state index contributed by atoms with van der Waals surface area (Å²) in [5.74, 6) is 0. The fourth-order valence-electron chi connectivity index (χ4n) is 2.81. The molecule has 0 aliphatic carbocycles. The second-order valence-electron chi connectivity index (χ2n) is 6.27. The molecule has 1 aliphatic heterocycles. The average molecular weight is 270 g/mol. The van der Waals surface area contributed by atoms with Crippen LogP contribution in [0.5, 0.6) is 0 Å². The number of rotatable bonds is 3. The van der Waals surface area contributed by atoms with Crippen LogP contribution in [-0.2, 0) is 12.1 Å². The van der Waals surface area contributed by atoms with Crippen molar-refractivity contribution in [2.24, 2.45) is 0 Å². The van der Waals surface area contributed by atoms with Crippen LogP contribution in [0, 0.1) is 0 Å². The van der Waals surface area contributed by atoms with Gasteiger partial charge in [-0.3, -0.25) is 4.90 Å². The first-order valence-corrected chi connectivity index (χ1v) is 7.37. The number of likely N-dealkylation sites (tertiary alicyclic amines) is 1. The second kappa shape index (κ2) is 5.15. The molecule has 1 fully saturated rings. The number of nitrogens with zero attached hydrogens (tertiary/aromatic N) is 2. The third-order valence-electron chi connectivity index (χ3n) is 3.99. The lowest BCUT2D eigenvalue weighted by Gasteiger charge is -2.17. The molecule has 0 saturated carbocycles. The summed E-state index contributed by atoms with van der Waals surface area (Å²) in [7, 11) is 0. The molecule has 0 spiro atoms. The van der Waals surface area contributed by atoms with Gasteiger partial charge in [0.05, 0.1) is 11.2 Å². The Morgan fingerprint density at radius 2 is 1.90 bits per heavy atom. The predicted molar refractivity (Wildman–Crippen MR) is 81.5 cm³/mol. The quantitative estimate of drug-likeness (QED) is 0.931. The van der Waals surface area contributed by atoms with E-state index in [4.69, 9.17) is 0 Å². The first kappa shape index (κ1) is 13.5. The SMILES string of the molecule is CC(C)(O)c1ccc2cc(CN3CCCC3)ccc2n1. The van der Waals surface area contributed by atoms with Crippen LogP contribution in [0.25, 0.3) is 10.9 Å². The number of hydrogen-bond acceptors (Lipinski definition) is 3. The van der Waals surface area contributed by atoms with Crippen LogP contribution in [0.2, 0.25) is 0 Å². The van der Waals surface area contributed by atoms with E-state index in [1.54, 1.807) is 13.8 Å². The van der Waals surface area contributed by atoms with Crippen molar-refractivity contribution in [3.05, 3.63) is 41.6 Å². The summed E-state index contributed by atoms with van der Waals surface area (Å²) in [4.78, 5) is 7.06. The molecule has 3 nitrogen and oxygen atoms in total. The zero-order chi connectivity index (χ0) is 14.2. The van der Waals surface area contributed by atoms with Gasteiger partial charge in [0.15, 0.2) is 0 Å². The third kappa shape index (κ3) is 2.84. The maximum absolute atomic E-state index is 10.0. The van der Waals surface area contributed by atoms with E-state index in [-0.39, 0.29) is 0 Å². The van der Waals surface area contributed by atoms with Gasteiger partial charge in [-0.1, -0.05) is 12.1 Å². The van der Waals surface area contributed by atoms with Crippen LogP contribution in [-0.4, -0.2) is 28.1 Å². The van der Waals surface area contributed by atoms with Gasteiger partial charge in [-0.25, -0.2) is 4.98 Å². The lowest BCUT2D eigenvalue weighted by Crippen LogP contribution is -2.18. The van der Waals surface area contributed by atoms with Gasteiger partial charge >= 0.3 is 0 Å². The molecule has 0 amide bonds. The van der Waals surface area contributed by atoms with Gasteiger partial charge in [-0.05, 0) is 63.5 Å². The number of pyridine rings is 1. The molecule has 0 bridgehead atoms. The highest BCUT2D eigenvalue weighted by atomic mass is 16.3. The molecule has 2 heterocycles. The Bertz CT molecular complexity index is 610. The first-order chi connectivity index (χ1) is 9.52. The van der Waals surface area contributed by atoms with Crippen molar-refractivity contribution >= 4 is 10.9 Å². The summed E-state index contributed by atoms with van der Waals surface area (Å²) < 4.78 is 0. The fourth-order valence-corrected chi connectivity index (χ4v) is 2.81. The lowest BCUT2D eigenvalue weighted by atomic mass is 10.0. The lowest BCUT2D eigenvalue weighted by molar-refractivity contribution is 0.0742. The molecule has 1 saturated heterocycles. The number of aliphatic hydroxyl groups is 1. The van der Waals surface area contributed by atoms with E-state index in [0.717, 1.165) is 23.1 Å². The number of hydrogen-bond donors (Lipinski definition) is 1. The fraction of sp³-hybridized carbons (Fsp3) is 0.471. The Kier molecular flexibility index (Phi) is 3.48. The maximum atomic E-state index is 10.0. The van der Waals surface area contributed by atoms with Crippen molar-refractivity contribution in [3.63, 3.8) is 0 Å². The highest BCUT2D eigenvalue weighted by molar-refractivity contribution is 5.79. The Labute approximate surface area is 120 Å². The summed E-state index contributed by atoms with van der Waals surface area (Å²) in [5, 5.41) is 11.2. The molecule has 1 aromatic carbocycles. The van der Waals surface area contributed by atoms with Gasteiger partial charge in [0.25, 0.3) is 0 Å². The Hall–Kier alpha value is -1.45. The highest BCUT2D eigenvalue weighted by Crippen LogP contribution is 2.22. The first-order valence-electron chi connectivity index (χ1n) is 7.37. The van der Waals surface area contributed by atoms with Crippen LogP contribution in [0.4, 0.5) is 0 Å². The Balaban J connectivity index is 1.88. The van der Waals surface area contributed by atoms with E-state index in [2.05, 4.69) is 34.1 Å². The molecule has 0 unspecified atom stereocenters. The summed E-state index contributed by atoms with van der Waals surface area (Å²) >= 11 is 0. The zero-order valence-electron chi connectivity index (χ0n) is 12.3. The molecule has 0 atom stereocenters. The topological polar surface area (TPSA) is 36.4 Å². The summed E-state index contributed by atoms with van der Waals surface area (Å²) in [6.07, 6.45) is 2.65. The monoisotopic (exact) mass is 270 g/mol. The molecule has 2 aromatic rings. The standard InChI is InChI=1S/C17H22N2O/c1-17(2,20)16-8-6-14-11-13(5-7-15(14)18-16)12-19-9-3-4-10-19/h5-8,11,20H,3-4,9-10,12H2,1-2H3. The van der Waals surface area contributed by atoms with Crippen molar-refractivity contribution < 1.29 is 5.11 Å². The van der Waals surface area contributed by atoms with E-state index in [9.17, 15) is 5.11 Å². The molecule has 3 rings (SSSR count). The van der Waals surface area contributed by atoms with Crippen molar-refractivity contribution in [1.29, 1.82) is 0 Å².